The minimum Gasteiger partial charge on any atom is -0.488 e. The molecule has 1 amide bonds. The number of benzene rings is 4. The molecule has 1 atom stereocenters. The van der Waals surface area contributed by atoms with E-state index in [-0.39, 0.29) is 29.7 Å². The van der Waals surface area contributed by atoms with E-state index in [1.807, 2.05) is 30.3 Å². The van der Waals surface area contributed by atoms with Crippen molar-refractivity contribution in [1.29, 1.82) is 5.41 Å². The van der Waals surface area contributed by atoms with Crippen LogP contribution in [0.1, 0.15) is 99.3 Å². The van der Waals surface area contributed by atoms with Crippen molar-refractivity contribution < 1.29 is 9.53 Å². The van der Waals surface area contributed by atoms with Gasteiger partial charge in [-0.25, -0.2) is 0 Å². The number of amidine groups is 1. The van der Waals surface area contributed by atoms with Gasteiger partial charge in [0.05, 0.1) is 0 Å². The molecule has 1 aliphatic heterocycles. The van der Waals surface area contributed by atoms with Crippen molar-refractivity contribution >= 4 is 28.2 Å². The maximum Gasteiger partial charge on any atom is 0.246 e. The standard InChI is InChI=1S/C43H53N5O2/c44-35-22-24-36(25-23-35)47-42(49)43(34-15-8-3-1-2-4-9-16-34)27-32-21-20-31(41(45)46)26-39(32)48(43)28-33-14-10-18-38-37(33)17-11-19-40(38)50-29-30-12-6-5-7-13-30/h5-7,10-14,17-21,26,34-36H,1-4,8-9,15-16,22-25,27-29,44H2,(H3,45,46)(H,47,49)/t35-,36-,43?. The molecule has 1 heterocycles. The number of carbonyl (C=O) groups excluding carboxylic acids is 1. The molecule has 0 aromatic heterocycles. The highest BCUT2D eigenvalue weighted by Crippen LogP contribution is 2.49. The highest BCUT2D eigenvalue weighted by atomic mass is 16.5. The van der Waals surface area contributed by atoms with Gasteiger partial charge >= 0.3 is 0 Å². The normalized spacial score (nSPS) is 23.0. The molecular weight excluding hydrogens is 619 g/mol. The first-order valence-corrected chi connectivity index (χ1v) is 18.9. The van der Waals surface area contributed by atoms with Gasteiger partial charge in [0.25, 0.3) is 0 Å². The summed E-state index contributed by atoms with van der Waals surface area (Å²) in [5, 5.41) is 14.1. The number of carbonyl (C=O) groups is 1. The van der Waals surface area contributed by atoms with E-state index < -0.39 is 5.54 Å². The number of amides is 1. The minimum absolute atomic E-state index is 0.0426. The van der Waals surface area contributed by atoms with Crippen molar-refractivity contribution in [1.82, 2.24) is 5.32 Å². The van der Waals surface area contributed by atoms with E-state index in [1.54, 1.807) is 0 Å². The van der Waals surface area contributed by atoms with Gasteiger partial charge in [-0.2, -0.15) is 0 Å². The zero-order chi connectivity index (χ0) is 34.5. The lowest BCUT2D eigenvalue weighted by Crippen LogP contribution is -2.63. The lowest BCUT2D eigenvalue weighted by Gasteiger charge is -2.46. The molecule has 4 aromatic rings. The third-order valence-electron chi connectivity index (χ3n) is 11.7. The highest BCUT2D eigenvalue weighted by molar-refractivity contribution is 5.99. The van der Waals surface area contributed by atoms with Crippen LogP contribution >= 0.6 is 0 Å². The first-order chi connectivity index (χ1) is 24.4. The number of nitrogens with one attached hydrogen (secondary N) is 2. The summed E-state index contributed by atoms with van der Waals surface area (Å²) in [6, 6.07) is 29.5. The molecule has 7 rings (SSSR count). The summed E-state index contributed by atoms with van der Waals surface area (Å²) in [5.41, 5.74) is 16.8. The Kier molecular flexibility index (Phi) is 10.4. The smallest absolute Gasteiger partial charge is 0.246 e. The molecule has 4 aromatic carbocycles. The topological polar surface area (TPSA) is 117 Å². The van der Waals surface area contributed by atoms with E-state index in [4.69, 9.17) is 21.6 Å². The Bertz CT molecular complexity index is 1790. The fourth-order valence-electron chi connectivity index (χ4n) is 8.91. The predicted molar refractivity (Wildman–Crippen MR) is 204 cm³/mol. The largest absolute Gasteiger partial charge is 0.488 e. The third-order valence-corrected chi connectivity index (χ3v) is 11.7. The number of nitrogen functional groups attached to an aromatic ring is 1. The molecule has 0 bridgehead atoms. The quantitative estimate of drug-likeness (QED) is 0.106. The predicted octanol–water partition coefficient (Wildman–Crippen LogP) is 8.14. The molecule has 7 heteroatoms. The number of anilines is 1. The maximum absolute atomic E-state index is 15.3. The van der Waals surface area contributed by atoms with Crippen molar-refractivity contribution in [2.45, 2.75) is 114 Å². The average molecular weight is 672 g/mol. The zero-order valence-electron chi connectivity index (χ0n) is 29.3. The minimum atomic E-state index is -0.759. The van der Waals surface area contributed by atoms with Crippen LogP contribution in [0, 0.1) is 11.3 Å². The Hall–Kier alpha value is -4.36. The van der Waals surface area contributed by atoms with Crippen molar-refractivity contribution in [3.63, 3.8) is 0 Å². The number of rotatable bonds is 9. The Morgan fingerprint density at radius 1 is 0.820 bits per heavy atom. The monoisotopic (exact) mass is 671 g/mol. The summed E-state index contributed by atoms with van der Waals surface area (Å²) >= 11 is 0. The molecule has 2 fully saturated rings. The second kappa shape index (κ2) is 15.3. The van der Waals surface area contributed by atoms with Crippen LogP contribution in [0.4, 0.5) is 5.69 Å². The van der Waals surface area contributed by atoms with Crippen LogP contribution in [0.5, 0.6) is 5.75 Å². The van der Waals surface area contributed by atoms with Gasteiger partial charge in [-0.1, -0.05) is 111 Å². The van der Waals surface area contributed by atoms with Gasteiger partial charge < -0.3 is 26.4 Å². The number of fused-ring (bicyclic) bond motifs is 2. The van der Waals surface area contributed by atoms with Crippen molar-refractivity contribution in [3.8, 4) is 5.75 Å². The molecule has 7 nitrogen and oxygen atoms in total. The van der Waals surface area contributed by atoms with Gasteiger partial charge in [0.15, 0.2) is 0 Å². The summed E-state index contributed by atoms with van der Waals surface area (Å²) in [4.78, 5) is 17.7. The molecule has 0 spiro atoms. The van der Waals surface area contributed by atoms with Crippen LogP contribution in [-0.4, -0.2) is 29.4 Å². The van der Waals surface area contributed by atoms with E-state index in [2.05, 4.69) is 64.8 Å². The molecular formula is C43H53N5O2. The average Bonchev–Trinajstić information content (AvgIpc) is 3.53. The maximum atomic E-state index is 15.3. The molecule has 6 N–H and O–H groups in total. The Morgan fingerprint density at radius 2 is 1.52 bits per heavy atom. The van der Waals surface area contributed by atoms with E-state index in [9.17, 15) is 0 Å². The molecule has 0 saturated heterocycles. The first-order valence-electron chi connectivity index (χ1n) is 18.9. The van der Waals surface area contributed by atoms with E-state index >= 15 is 4.79 Å². The van der Waals surface area contributed by atoms with Crippen molar-refractivity contribution in [3.05, 3.63) is 107 Å². The molecule has 1 unspecified atom stereocenters. The molecule has 0 radical (unpaired) electrons. The SMILES string of the molecule is N=C(N)c1ccc2c(c1)N(Cc1cccc3c(OCc4ccccc4)cccc13)C(C(=O)N[C@H]1CC[C@H](N)CC1)(C1CCCCCCCC1)C2. The first kappa shape index (κ1) is 34.1. The fraction of sp³-hybridized carbons (Fsp3) is 0.442. The van der Waals surface area contributed by atoms with Gasteiger partial charge in [-0.3, -0.25) is 10.2 Å². The number of hydrogen-bond acceptors (Lipinski definition) is 5. The van der Waals surface area contributed by atoms with Crippen LogP contribution in [0.25, 0.3) is 10.8 Å². The number of hydrogen-bond donors (Lipinski definition) is 4. The van der Waals surface area contributed by atoms with Gasteiger partial charge in [0.2, 0.25) is 5.91 Å². The second-order valence-corrected chi connectivity index (χ2v) is 15.0. The van der Waals surface area contributed by atoms with Crippen LogP contribution in [0.3, 0.4) is 0 Å². The summed E-state index contributed by atoms with van der Waals surface area (Å²) in [7, 11) is 0. The molecule has 262 valence electrons. The Balaban J connectivity index is 1.31. The second-order valence-electron chi connectivity index (χ2n) is 15.0. The number of ether oxygens (including phenoxy) is 1. The van der Waals surface area contributed by atoms with Gasteiger partial charge in [0, 0.05) is 41.7 Å². The van der Waals surface area contributed by atoms with E-state index in [0.29, 0.717) is 25.1 Å². The Labute approximate surface area is 297 Å². The van der Waals surface area contributed by atoms with Gasteiger partial charge in [-0.15, -0.1) is 0 Å². The lowest BCUT2D eigenvalue weighted by molar-refractivity contribution is -0.129. The van der Waals surface area contributed by atoms with Crippen molar-refractivity contribution in [2.75, 3.05) is 4.90 Å². The third kappa shape index (κ3) is 7.11. The van der Waals surface area contributed by atoms with E-state index in [1.165, 1.54) is 25.7 Å². The molecule has 50 heavy (non-hydrogen) atoms. The van der Waals surface area contributed by atoms with Gasteiger partial charge in [0.1, 0.15) is 23.7 Å². The lowest BCUT2D eigenvalue weighted by atomic mass is 9.74. The summed E-state index contributed by atoms with van der Waals surface area (Å²) < 4.78 is 6.41. The molecule has 2 aliphatic carbocycles. The number of nitrogens with two attached hydrogens (primary N) is 2. The van der Waals surface area contributed by atoms with Crippen LogP contribution < -0.4 is 26.4 Å². The van der Waals surface area contributed by atoms with Crippen LogP contribution in [0.15, 0.2) is 84.9 Å². The highest BCUT2D eigenvalue weighted by Gasteiger charge is 2.54. The fourth-order valence-corrected chi connectivity index (χ4v) is 8.91. The van der Waals surface area contributed by atoms with Crippen LogP contribution in [-0.2, 0) is 24.4 Å². The summed E-state index contributed by atoms with van der Waals surface area (Å²) in [5.74, 6) is 1.24. The summed E-state index contributed by atoms with van der Waals surface area (Å²) in [6.45, 7) is 1.06. The van der Waals surface area contributed by atoms with Gasteiger partial charge in [-0.05, 0) is 78.7 Å². The Morgan fingerprint density at radius 3 is 2.26 bits per heavy atom. The summed E-state index contributed by atoms with van der Waals surface area (Å²) in [6.07, 6.45) is 13.7. The molecule has 3 aliphatic rings. The number of nitrogens with zero attached hydrogens (tertiary/aromatic N) is 1. The molecule has 2 saturated carbocycles. The van der Waals surface area contributed by atoms with E-state index in [0.717, 1.165) is 90.3 Å². The van der Waals surface area contributed by atoms with Crippen molar-refractivity contribution in [2.24, 2.45) is 17.4 Å². The van der Waals surface area contributed by atoms with Crippen LogP contribution in [0.2, 0.25) is 0 Å². The zero-order valence-corrected chi connectivity index (χ0v) is 29.3.